The highest BCUT2D eigenvalue weighted by molar-refractivity contribution is 6.13. The second-order valence-electron chi connectivity index (χ2n) is 14.8. The number of allylic oxidation sites excluding steroid dienone is 8. The molecule has 0 amide bonds. The zero-order valence-electron chi connectivity index (χ0n) is 34.2. The molecule has 0 bridgehead atoms. The molecule has 66 heavy (non-hydrogen) atoms. The van der Waals surface area contributed by atoms with Crippen LogP contribution in [0.5, 0.6) is 0 Å². The molecule has 0 radical (unpaired) electrons. The predicted octanol–water partition coefficient (Wildman–Crippen LogP) is 11.6. The van der Waals surface area contributed by atoms with E-state index in [1.165, 1.54) is 24.3 Å². The van der Waals surface area contributed by atoms with Crippen molar-refractivity contribution >= 4 is 33.7 Å². The van der Waals surface area contributed by atoms with Gasteiger partial charge in [-0.15, -0.1) is 0 Å². The van der Waals surface area contributed by atoms with Gasteiger partial charge in [0.05, 0.1) is 106 Å². The minimum Gasteiger partial charge on any atom is -0.239 e. The molecular formula is C56H22N10. The molecule has 0 spiro atoms. The van der Waals surface area contributed by atoms with Crippen molar-refractivity contribution in [3.63, 3.8) is 0 Å². The van der Waals surface area contributed by atoms with Crippen molar-refractivity contribution in [2.45, 2.75) is 0 Å². The molecule has 2 aliphatic carbocycles. The van der Waals surface area contributed by atoms with E-state index in [0.29, 0.717) is 89.1 Å². The van der Waals surface area contributed by atoms with Crippen LogP contribution < -0.4 is 0 Å². The van der Waals surface area contributed by atoms with Gasteiger partial charge in [-0.05, 0) is 146 Å². The van der Waals surface area contributed by atoms with E-state index in [1.807, 2.05) is 12.2 Å². The number of nitrogens with zero attached hydrogens (tertiary/aromatic N) is 10. The van der Waals surface area contributed by atoms with Crippen molar-refractivity contribution in [2.75, 3.05) is 0 Å². The lowest BCUT2D eigenvalue weighted by molar-refractivity contribution is 1.40. The Morgan fingerprint density at radius 3 is 0.955 bits per heavy atom. The van der Waals surface area contributed by atoms with Crippen LogP contribution in [0.4, 0.5) is 11.4 Å². The highest BCUT2D eigenvalue weighted by atomic mass is 14.7. The zero-order chi connectivity index (χ0) is 46.5. The van der Waals surface area contributed by atoms with Crippen LogP contribution in [0, 0.1) is 104 Å². The Morgan fingerprint density at radius 2 is 0.667 bits per heavy atom. The van der Waals surface area contributed by atoms with E-state index in [9.17, 15) is 42.1 Å². The molecule has 8 rings (SSSR count). The molecule has 2 aliphatic rings. The van der Waals surface area contributed by atoms with Crippen molar-refractivity contribution < 1.29 is 0 Å². The fourth-order valence-electron chi connectivity index (χ4n) is 8.37. The summed E-state index contributed by atoms with van der Waals surface area (Å²) in [6, 6.07) is 50.0. The molecule has 0 saturated carbocycles. The van der Waals surface area contributed by atoms with Crippen LogP contribution in [0.3, 0.4) is 0 Å². The summed E-state index contributed by atoms with van der Waals surface area (Å²) in [5.41, 5.74) is 8.23. The van der Waals surface area contributed by atoms with Gasteiger partial charge in [0.15, 0.2) is 11.4 Å². The fraction of sp³-hybridized carbons (Fsp3) is 0. The molecule has 296 valence electrons. The summed E-state index contributed by atoms with van der Waals surface area (Å²) in [5.74, 6) is 0. The normalized spacial score (nSPS) is 12.7. The third-order valence-corrected chi connectivity index (χ3v) is 11.0. The van der Waals surface area contributed by atoms with Crippen molar-refractivity contribution in [2.24, 2.45) is 0 Å². The lowest BCUT2D eigenvalue weighted by Crippen LogP contribution is -2.02. The van der Waals surface area contributed by atoms with Crippen LogP contribution in [0.1, 0.15) is 77.9 Å². The summed E-state index contributed by atoms with van der Waals surface area (Å²) in [6.07, 6.45) is 3.75. The Hall–Kier alpha value is -11.1. The Kier molecular flexibility index (Phi) is 11.0. The average Bonchev–Trinajstić information content (AvgIpc) is 3.92. The third-order valence-electron chi connectivity index (χ3n) is 11.0. The molecule has 0 heterocycles. The second kappa shape index (κ2) is 17.5. The maximum Gasteiger partial charge on any atom is 0.177 e. The maximum absolute atomic E-state index is 10.6. The van der Waals surface area contributed by atoms with Crippen LogP contribution in [-0.2, 0) is 0 Å². The number of nitriles is 8. The zero-order valence-corrected chi connectivity index (χ0v) is 34.2. The molecule has 0 atom stereocenters. The quantitative estimate of drug-likeness (QED) is 0.147. The molecule has 6 aromatic carbocycles. The van der Waals surface area contributed by atoms with Crippen molar-refractivity contribution in [1.82, 2.24) is 0 Å². The first kappa shape index (κ1) is 41.6. The van der Waals surface area contributed by atoms with Crippen molar-refractivity contribution in [1.29, 1.82) is 42.1 Å². The first-order valence-electron chi connectivity index (χ1n) is 19.7. The van der Waals surface area contributed by atoms with Gasteiger partial charge in [0.25, 0.3) is 0 Å². The summed E-state index contributed by atoms with van der Waals surface area (Å²) in [6.45, 7) is 16.0. The van der Waals surface area contributed by atoms with Gasteiger partial charge in [-0.2, -0.15) is 42.1 Å². The van der Waals surface area contributed by atoms with Gasteiger partial charge in [0, 0.05) is 11.1 Å². The van der Waals surface area contributed by atoms with Gasteiger partial charge in [-0.3, -0.25) is 0 Å². The van der Waals surface area contributed by atoms with Crippen LogP contribution >= 0.6 is 0 Å². The van der Waals surface area contributed by atoms with Gasteiger partial charge in [0.2, 0.25) is 0 Å². The summed E-state index contributed by atoms with van der Waals surface area (Å²) in [7, 11) is 0. The molecule has 0 fully saturated rings. The van der Waals surface area contributed by atoms with Crippen LogP contribution in [-0.4, -0.2) is 0 Å². The minimum atomic E-state index is 0.147. The molecule has 10 nitrogen and oxygen atoms in total. The molecule has 0 aliphatic heterocycles. The van der Waals surface area contributed by atoms with Crippen LogP contribution in [0.2, 0.25) is 0 Å². The molecular weight excluding hydrogens is 813 g/mol. The lowest BCUT2D eigenvalue weighted by Gasteiger charge is -2.20. The summed E-state index contributed by atoms with van der Waals surface area (Å²) in [4.78, 5) is 7.36. The van der Waals surface area contributed by atoms with Gasteiger partial charge in [0.1, 0.15) is 0 Å². The van der Waals surface area contributed by atoms with E-state index in [2.05, 4.69) is 58.2 Å². The monoisotopic (exact) mass is 834 g/mol. The van der Waals surface area contributed by atoms with Crippen molar-refractivity contribution in [3.05, 3.63) is 256 Å². The van der Waals surface area contributed by atoms with Gasteiger partial charge in [-0.25, -0.2) is 9.69 Å². The molecule has 10 heteroatoms. The smallest absolute Gasteiger partial charge is 0.177 e. The van der Waals surface area contributed by atoms with Crippen molar-refractivity contribution in [3.8, 4) is 48.6 Å². The molecule has 0 saturated heterocycles. The van der Waals surface area contributed by atoms with E-state index in [4.69, 9.17) is 13.1 Å². The lowest BCUT2D eigenvalue weighted by atomic mass is 9.82. The Labute approximate surface area is 379 Å². The molecule has 0 aromatic heterocycles. The standard InChI is InChI=1S/C56H22N10/c1-65-45-20-44(21-46(22-45)66-2)54(43-18-37(29-61)13-38(19-43)30-62)56-50(48-10-6-4-8-40(48)32-64)24-51-52(56)23-49(47-9-5-3-7-39(47)31-63)55(51)53(41-14-33(25-57)11-34(15-41)26-58)42-16-35(27-59)12-36(17-42)28-60/h3-24H/b56-54+. The summed E-state index contributed by atoms with van der Waals surface area (Å²) < 4.78 is 0. The van der Waals surface area contributed by atoms with Gasteiger partial charge < -0.3 is 0 Å². The first-order chi connectivity index (χ1) is 32.2. The summed E-state index contributed by atoms with van der Waals surface area (Å²) in [5, 5.41) is 82.7. The number of hydrogen-bond acceptors (Lipinski definition) is 8. The second-order valence-corrected chi connectivity index (χ2v) is 14.8. The first-order valence-corrected chi connectivity index (χ1v) is 19.7. The van der Waals surface area contributed by atoms with Gasteiger partial charge in [-0.1, -0.05) is 54.6 Å². The Morgan fingerprint density at radius 1 is 0.364 bits per heavy atom. The molecule has 0 unspecified atom stereocenters. The Balaban J connectivity index is 1.68. The highest BCUT2D eigenvalue weighted by Gasteiger charge is 2.37. The van der Waals surface area contributed by atoms with E-state index < -0.39 is 0 Å². The third kappa shape index (κ3) is 7.39. The number of hydrogen-bond donors (Lipinski definition) is 0. The minimum absolute atomic E-state index is 0.147. The fourth-order valence-corrected chi connectivity index (χ4v) is 8.37. The van der Waals surface area contributed by atoms with Crippen LogP contribution in [0.15, 0.2) is 156 Å². The highest BCUT2D eigenvalue weighted by Crippen LogP contribution is 2.56. The number of benzene rings is 6. The predicted molar refractivity (Wildman–Crippen MR) is 244 cm³/mol. The van der Waals surface area contributed by atoms with E-state index in [0.717, 1.165) is 0 Å². The SMILES string of the molecule is [C-]#[N+]c1cc([N+]#[C-])cc(/C(=C2\C(c3ccccc3C#N)=CC3=C2C=C(c2ccccc2C#N)C3=C(c2cc(C#N)cc(C#N)c2)c2cc(C#N)cc(C#N)c2)c2cc(C#N)cc(C#N)c2)c1. The molecule has 6 aromatic rings. The molecule has 0 N–H and O–H groups in total. The van der Waals surface area contributed by atoms with Gasteiger partial charge >= 0.3 is 0 Å². The average molecular weight is 835 g/mol. The van der Waals surface area contributed by atoms with E-state index >= 15 is 0 Å². The summed E-state index contributed by atoms with van der Waals surface area (Å²) >= 11 is 0. The largest absolute Gasteiger partial charge is 0.239 e. The topological polar surface area (TPSA) is 199 Å². The Bertz CT molecular complexity index is 3280. The number of rotatable bonds is 6. The maximum atomic E-state index is 10.6. The van der Waals surface area contributed by atoms with Crippen LogP contribution in [0.25, 0.3) is 32.0 Å². The van der Waals surface area contributed by atoms with E-state index in [-0.39, 0.29) is 44.8 Å². The van der Waals surface area contributed by atoms with E-state index in [1.54, 1.807) is 97.1 Å².